The normalized spacial score (nSPS) is 14.7. The molecule has 4 aromatic carbocycles. The second-order valence-corrected chi connectivity index (χ2v) is 9.97. The van der Waals surface area contributed by atoms with Crippen molar-refractivity contribution in [2.24, 2.45) is 0 Å². The van der Waals surface area contributed by atoms with E-state index in [0.29, 0.717) is 28.7 Å². The van der Waals surface area contributed by atoms with Crippen LogP contribution in [0.25, 0.3) is 16.8 Å². The zero-order chi connectivity index (χ0) is 24.4. The van der Waals surface area contributed by atoms with Gasteiger partial charge in [-0.05, 0) is 86.6 Å². The minimum atomic E-state index is -0.337. The van der Waals surface area contributed by atoms with Crippen molar-refractivity contribution in [3.05, 3.63) is 105 Å². The van der Waals surface area contributed by atoms with Crippen LogP contribution in [0.1, 0.15) is 11.1 Å². The van der Waals surface area contributed by atoms with Crippen LogP contribution in [-0.4, -0.2) is 18.3 Å². The van der Waals surface area contributed by atoms with Crippen LogP contribution < -0.4 is 14.4 Å². The molecule has 0 atom stereocenters. The molecule has 0 aromatic heterocycles. The van der Waals surface area contributed by atoms with Gasteiger partial charge >= 0.3 is 0 Å². The molecule has 5 rings (SSSR count). The van der Waals surface area contributed by atoms with E-state index in [-0.39, 0.29) is 11.1 Å². The molecule has 4 aromatic rings. The second kappa shape index (κ2) is 10.1. The van der Waals surface area contributed by atoms with Gasteiger partial charge in [0.25, 0.3) is 11.1 Å². The van der Waals surface area contributed by atoms with Gasteiger partial charge in [-0.3, -0.25) is 9.59 Å². The topological polar surface area (TPSA) is 55.8 Å². The van der Waals surface area contributed by atoms with Crippen LogP contribution in [-0.2, 0) is 11.4 Å². The molecule has 7 heteroatoms. The quantitative estimate of drug-likeness (QED) is 0.174. The number of hydrogen-bond donors (Lipinski definition) is 0. The molecule has 1 fully saturated rings. The van der Waals surface area contributed by atoms with Crippen LogP contribution in [0.4, 0.5) is 10.5 Å². The molecule has 0 radical (unpaired) electrons. The van der Waals surface area contributed by atoms with Crippen LogP contribution in [0.2, 0.25) is 0 Å². The lowest BCUT2D eigenvalue weighted by Gasteiger charge is -2.15. The third-order valence-electron chi connectivity index (χ3n) is 5.61. The lowest BCUT2D eigenvalue weighted by molar-refractivity contribution is -0.113. The maximum absolute atomic E-state index is 13.0. The first-order chi connectivity index (χ1) is 17.0. The van der Waals surface area contributed by atoms with Crippen molar-refractivity contribution in [1.29, 1.82) is 0 Å². The van der Waals surface area contributed by atoms with Crippen LogP contribution in [0.15, 0.2) is 89.8 Å². The molecular formula is C28H20INO4S. The van der Waals surface area contributed by atoms with E-state index in [1.54, 1.807) is 37.5 Å². The van der Waals surface area contributed by atoms with E-state index >= 15 is 0 Å². The maximum Gasteiger partial charge on any atom is 0.298 e. The third kappa shape index (κ3) is 4.78. The highest BCUT2D eigenvalue weighted by Gasteiger charge is 2.36. The van der Waals surface area contributed by atoms with Crippen molar-refractivity contribution < 1.29 is 19.1 Å². The summed E-state index contributed by atoms with van der Waals surface area (Å²) in [5.41, 5.74) is 2.39. The number of anilines is 1. The maximum atomic E-state index is 13.0. The van der Waals surface area contributed by atoms with Crippen molar-refractivity contribution in [2.45, 2.75) is 6.61 Å². The molecule has 0 N–H and O–H groups in total. The summed E-state index contributed by atoms with van der Waals surface area (Å²) in [6.07, 6.45) is 1.72. The number of fused-ring (bicyclic) bond motifs is 1. The SMILES string of the molecule is COc1cc(/C=C2\SC(=O)N(c3ccccc3)C2=O)cc(I)c1OCc1cccc2ccccc12. The summed E-state index contributed by atoms with van der Waals surface area (Å²) in [6, 6.07) is 27.0. The highest BCUT2D eigenvalue weighted by Crippen LogP contribution is 2.39. The summed E-state index contributed by atoms with van der Waals surface area (Å²) >= 11 is 3.13. The number of benzene rings is 4. The van der Waals surface area contributed by atoms with Gasteiger partial charge in [0.1, 0.15) is 6.61 Å². The fourth-order valence-corrected chi connectivity index (χ4v) is 5.57. The standard InChI is InChI=1S/C28H20INO4S/c1-33-24-15-18(16-25-27(31)30(28(32)35-25)21-11-3-2-4-12-21)14-23(29)26(24)34-17-20-10-7-9-19-8-5-6-13-22(19)20/h2-16H,17H2,1H3/b25-16-. The van der Waals surface area contributed by atoms with E-state index in [2.05, 4.69) is 46.9 Å². The number of carbonyl (C=O) groups is 2. The molecule has 0 aliphatic carbocycles. The highest BCUT2D eigenvalue weighted by molar-refractivity contribution is 14.1. The Bertz CT molecular complexity index is 1460. The molecule has 0 unspecified atom stereocenters. The van der Waals surface area contributed by atoms with Gasteiger partial charge in [0.05, 0.1) is 21.3 Å². The van der Waals surface area contributed by atoms with Gasteiger partial charge in [-0.2, -0.15) is 0 Å². The smallest absolute Gasteiger partial charge is 0.298 e. The lowest BCUT2D eigenvalue weighted by Crippen LogP contribution is -2.27. The zero-order valence-electron chi connectivity index (χ0n) is 18.7. The van der Waals surface area contributed by atoms with Gasteiger partial charge in [0.15, 0.2) is 11.5 Å². The average Bonchev–Trinajstić information content (AvgIpc) is 3.15. The molecule has 2 amide bonds. The largest absolute Gasteiger partial charge is 0.493 e. The van der Waals surface area contributed by atoms with Crippen molar-refractivity contribution in [1.82, 2.24) is 0 Å². The predicted molar refractivity (Wildman–Crippen MR) is 149 cm³/mol. The van der Waals surface area contributed by atoms with E-state index in [0.717, 1.165) is 37.2 Å². The number of thioether (sulfide) groups is 1. The Labute approximate surface area is 220 Å². The van der Waals surface area contributed by atoms with Crippen LogP contribution >= 0.6 is 34.4 Å². The molecule has 0 bridgehead atoms. The van der Waals surface area contributed by atoms with Crippen LogP contribution in [0, 0.1) is 3.57 Å². The number of imide groups is 1. The van der Waals surface area contributed by atoms with Gasteiger partial charge in [-0.15, -0.1) is 0 Å². The van der Waals surface area contributed by atoms with Gasteiger partial charge in [-0.25, -0.2) is 4.90 Å². The first kappa shape index (κ1) is 23.4. The first-order valence-electron chi connectivity index (χ1n) is 10.8. The fourth-order valence-electron chi connectivity index (χ4n) is 3.95. The molecule has 174 valence electrons. The summed E-state index contributed by atoms with van der Waals surface area (Å²) in [7, 11) is 1.59. The van der Waals surface area contributed by atoms with Crippen LogP contribution in [0.3, 0.4) is 0 Å². The molecule has 0 spiro atoms. The number of hydrogen-bond acceptors (Lipinski definition) is 5. The van der Waals surface area contributed by atoms with Crippen molar-refractivity contribution in [3.8, 4) is 11.5 Å². The predicted octanol–water partition coefficient (Wildman–Crippen LogP) is 7.27. The fraction of sp³-hybridized carbons (Fsp3) is 0.0714. The highest BCUT2D eigenvalue weighted by atomic mass is 127. The summed E-state index contributed by atoms with van der Waals surface area (Å²) in [5.74, 6) is 0.859. The Kier molecular flexibility index (Phi) is 6.79. The van der Waals surface area contributed by atoms with E-state index < -0.39 is 0 Å². The molecular weight excluding hydrogens is 573 g/mol. The molecule has 35 heavy (non-hydrogen) atoms. The van der Waals surface area contributed by atoms with Gasteiger partial charge in [0.2, 0.25) is 0 Å². The minimum Gasteiger partial charge on any atom is -0.493 e. The van der Waals surface area contributed by atoms with Gasteiger partial charge < -0.3 is 9.47 Å². The Balaban J connectivity index is 1.40. The van der Waals surface area contributed by atoms with Gasteiger partial charge in [-0.1, -0.05) is 60.7 Å². The van der Waals surface area contributed by atoms with Crippen LogP contribution in [0.5, 0.6) is 11.5 Å². The third-order valence-corrected chi connectivity index (χ3v) is 7.28. The van der Waals surface area contributed by atoms with Crippen molar-refractivity contribution in [3.63, 3.8) is 0 Å². The molecule has 1 aliphatic rings. The number of nitrogens with zero attached hydrogens (tertiary/aromatic N) is 1. The lowest BCUT2D eigenvalue weighted by atomic mass is 10.1. The van der Waals surface area contributed by atoms with Crippen molar-refractivity contribution in [2.75, 3.05) is 12.0 Å². The Morgan fingerprint density at radius 2 is 1.69 bits per heavy atom. The Hall–Kier alpha value is -3.30. The molecule has 0 saturated carbocycles. The monoisotopic (exact) mass is 593 g/mol. The number of carbonyl (C=O) groups excluding carboxylic acids is 2. The van der Waals surface area contributed by atoms with E-state index in [4.69, 9.17) is 9.47 Å². The van der Waals surface area contributed by atoms with E-state index in [9.17, 15) is 9.59 Å². The summed E-state index contributed by atoms with van der Waals surface area (Å²) < 4.78 is 12.7. The molecule has 5 nitrogen and oxygen atoms in total. The summed E-state index contributed by atoms with van der Waals surface area (Å²) in [6.45, 7) is 0.392. The van der Waals surface area contributed by atoms with Gasteiger partial charge in [0, 0.05) is 0 Å². The van der Waals surface area contributed by atoms with Crippen molar-refractivity contribution >= 4 is 68.0 Å². The second-order valence-electron chi connectivity index (χ2n) is 7.81. The number of rotatable bonds is 6. The Morgan fingerprint density at radius 3 is 2.49 bits per heavy atom. The minimum absolute atomic E-state index is 0.316. The summed E-state index contributed by atoms with van der Waals surface area (Å²) in [5, 5.41) is 1.99. The molecule has 1 aliphatic heterocycles. The number of halogens is 1. The molecule has 1 saturated heterocycles. The number of amides is 2. The van der Waals surface area contributed by atoms with E-state index in [1.807, 2.05) is 36.4 Å². The average molecular weight is 593 g/mol. The number of ether oxygens (including phenoxy) is 2. The number of para-hydroxylation sites is 1. The number of methoxy groups -OCH3 is 1. The van der Waals surface area contributed by atoms with E-state index in [1.165, 1.54) is 4.90 Å². The Morgan fingerprint density at radius 1 is 0.943 bits per heavy atom. The first-order valence-corrected chi connectivity index (χ1v) is 12.7. The zero-order valence-corrected chi connectivity index (χ0v) is 21.7. The molecule has 1 heterocycles. The summed E-state index contributed by atoms with van der Waals surface area (Å²) in [4.78, 5) is 27.0.